The first-order chi connectivity index (χ1) is 8.67. The van der Waals surface area contributed by atoms with Gasteiger partial charge in [-0.1, -0.05) is 26.0 Å². The van der Waals surface area contributed by atoms with Crippen LogP contribution in [0.15, 0.2) is 24.3 Å². The molecule has 0 aliphatic carbocycles. The van der Waals surface area contributed by atoms with Gasteiger partial charge >= 0.3 is 0 Å². The lowest BCUT2D eigenvalue weighted by Crippen LogP contribution is -3.12. The van der Waals surface area contributed by atoms with E-state index in [0.717, 1.165) is 25.9 Å². The standard InChI is InChI=1S/C14H21NO3/c1-3-8-15(9-4-2)11-18-13-7-5-6-12(10-13)14(16)17/h5-7,10H,3-4,8-9,11H2,1-2H3,(H,16,17). The molecule has 1 aromatic rings. The largest absolute Gasteiger partial charge is 0.545 e. The molecule has 0 saturated carbocycles. The normalized spacial score (nSPS) is 10.6. The smallest absolute Gasteiger partial charge is 0.222 e. The zero-order valence-corrected chi connectivity index (χ0v) is 11.1. The molecule has 18 heavy (non-hydrogen) atoms. The number of hydrogen-bond acceptors (Lipinski definition) is 3. The number of carbonyl (C=O) groups excluding carboxylic acids is 1. The molecule has 1 aromatic carbocycles. The molecule has 0 radical (unpaired) electrons. The zero-order valence-electron chi connectivity index (χ0n) is 11.1. The highest BCUT2D eigenvalue weighted by Gasteiger charge is 2.06. The zero-order chi connectivity index (χ0) is 13.4. The van der Waals surface area contributed by atoms with Crippen LogP contribution in [0.2, 0.25) is 0 Å². The third kappa shape index (κ3) is 4.75. The molecule has 0 aliphatic heterocycles. The SMILES string of the molecule is CCC[NH+](CCC)COc1cccc(C(=O)[O-])c1. The summed E-state index contributed by atoms with van der Waals surface area (Å²) in [6, 6.07) is 6.44. The van der Waals surface area contributed by atoms with Crippen LogP contribution in [0.25, 0.3) is 0 Å². The van der Waals surface area contributed by atoms with Gasteiger partial charge in [0.15, 0.2) is 0 Å². The fourth-order valence-electron chi connectivity index (χ4n) is 1.87. The molecule has 0 heterocycles. The van der Waals surface area contributed by atoms with E-state index in [1.54, 1.807) is 12.1 Å². The van der Waals surface area contributed by atoms with Gasteiger partial charge in [-0.25, -0.2) is 0 Å². The second kappa shape index (κ2) is 7.71. The first-order valence-electron chi connectivity index (χ1n) is 6.45. The molecule has 0 atom stereocenters. The maximum atomic E-state index is 10.7. The molecular weight excluding hydrogens is 230 g/mol. The number of carbonyl (C=O) groups is 1. The number of ether oxygens (including phenoxy) is 1. The molecule has 100 valence electrons. The molecular formula is C14H21NO3. The van der Waals surface area contributed by atoms with Gasteiger partial charge in [-0.3, -0.25) is 0 Å². The first-order valence-corrected chi connectivity index (χ1v) is 6.45. The summed E-state index contributed by atoms with van der Waals surface area (Å²) in [5.74, 6) is -0.590. The van der Waals surface area contributed by atoms with Gasteiger partial charge in [0.2, 0.25) is 6.73 Å². The molecule has 4 heteroatoms. The van der Waals surface area contributed by atoms with Crippen LogP contribution in [-0.2, 0) is 0 Å². The van der Waals surface area contributed by atoms with Crippen LogP contribution in [0.3, 0.4) is 0 Å². The van der Waals surface area contributed by atoms with E-state index in [4.69, 9.17) is 4.74 Å². The quantitative estimate of drug-likeness (QED) is 0.666. The maximum absolute atomic E-state index is 10.7. The van der Waals surface area contributed by atoms with E-state index in [1.807, 2.05) is 0 Å². The van der Waals surface area contributed by atoms with Gasteiger partial charge in [0.25, 0.3) is 0 Å². The Morgan fingerprint density at radius 3 is 2.50 bits per heavy atom. The molecule has 1 N–H and O–H groups in total. The number of benzene rings is 1. The van der Waals surface area contributed by atoms with Crippen molar-refractivity contribution in [2.24, 2.45) is 0 Å². The Labute approximate surface area is 108 Å². The minimum Gasteiger partial charge on any atom is -0.545 e. The highest BCUT2D eigenvalue weighted by atomic mass is 16.5. The van der Waals surface area contributed by atoms with E-state index in [-0.39, 0.29) is 5.56 Å². The Morgan fingerprint density at radius 1 is 1.28 bits per heavy atom. The lowest BCUT2D eigenvalue weighted by molar-refractivity contribution is -0.915. The number of nitrogens with one attached hydrogen (secondary N) is 1. The van der Waals surface area contributed by atoms with Gasteiger partial charge in [-0.15, -0.1) is 0 Å². The van der Waals surface area contributed by atoms with E-state index in [9.17, 15) is 9.90 Å². The Bertz CT molecular complexity index is 373. The Hall–Kier alpha value is -1.55. The van der Waals surface area contributed by atoms with Gasteiger partial charge in [0, 0.05) is 5.56 Å². The van der Waals surface area contributed by atoms with Crippen molar-refractivity contribution in [2.45, 2.75) is 26.7 Å². The molecule has 0 aliphatic rings. The van der Waals surface area contributed by atoms with Crippen molar-refractivity contribution in [3.8, 4) is 5.75 Å². The lowest BCUT2D eigenvalue weighted by atomic mass is 10.2. The Balaban J connectivity index is 2.55. The summed E-state index contributed by atoms with van der Waals surface area (Å²) in [5.41, 5.74) is 0.153. The number of hydrogen-bond donors (Lipinski definition) is 1. The van der Waals surface area contributed by atoms with E-state index < -0.39 is 5.97 Å². The summed E-state index contributed by atoms with van der Waals surface area (Å²) >= 11 is 0. The summed E-state index contributed by atoms with van der Waals surface area (Å²) in [7, 11) is 0. The van der Waals surface area contributed by atoms with Crippen LogP contribution in [0.1, 0.15) is 37.0 Å². The van der Waals surface area contributed by atoms with Crippen LogP contribution < -0.4 is 14.7 Å². The molecule has 0 unspecified atom stereocenters. The number of carboxylic acid groups (broad SMARTS) is 1. The van der Waals surface area contributed by atoms with Crippen LogP contribution in [0.5, 0.6) is 5.75 Å². The van der Waals surface area contributed by atoms with Crippen LogP contribution in [-0.4, -0.2) is 25.8 Å². The van der Waals surface area contributed by atoms with Gasteiger partial charge in [-0.2, -0.15) is 0 Å². The Kier molecular flexibility index (Phi) is 6.22. The minimum absolute atomic E-state index is 0.153. The fraction of sp³-hybridized carbons (Fsp3) is 0.500. The second-order valence-corrected chi connectivity index (χ2v) is 4.35. The van der Waals surface area contributed by atoms with Crippen molar-refractivity contribution in [2.75, 3.05) is 19.8 Å². The van der Waals surface area contributed by atoms with Crippen molar-refractivity contribution >= 4 is 5.97 Å². The van der Waals surface area contributed by atoms with Crippen LogP contribution >= 0.6 is 0 Å². The van der Waals surface area contributed by atoms with Crippen molar-refractivity contribution in [1.29, 1.82) is 0 Å². The summed E-state index contributed by atoms with van der Waals surface area (Å²) < 4.78 is 5.64. The van der Waals surface area contributed by atoms with Crippen molar-refractivity contribution < 1.29 is 19.5 Å². The number of carboxylic acids is 1. The van der Waals surface area contributed by atoms with Crippen molar-refractivity contribution in [3.63, 3.8) is 0 Å². The predicted molar refractivity (Wildman–Crippen MR) is 67.5 cm³/mol. The van der Waals surface area contributed by atoms with Gasteiger partial charge < -0.3 is 19.5 Å². The summed E-state index contributed by atoms with van der Waals surface area (Å²) in [5, 5.41) is 10.7. The van der Waals surface area contributed by atoms with Gasteiger partial charge in [-0.05, 0) is 25.0 Å². The molecule has 0 bridgehead atoms. The monoisotopic (exact) mass is 251 g/mol. The van der Waals surface area contributed by atoms with E-state index >= 15 is 0 Å². The average molecular weight is 251 g/mol. The fourth-order valence-corrected chi connectivity index (χ4v) is 1.87. The van der Waals surface area contributed by atoms with E-state index in [1.165, 1.54) is 17.0 Å². The average Bonchev–Trinajstić information content (AvgIpc) is 2.37. The molecule has 0 aromatic heterocycles. The van der Waals surface area contributed by atoms with E-state index in [0.29, 0.717) is 12.5 Å². The number of quaternary nitrogens is 1. The third-order valence-corrected chi connectivity index (χ3v) is 2.72. The Morgan fingerprint density at radius 2 is 1.94 bits per heavy atom. The van der Waals surface area contributed by atoms with Crippen LogP contribution in [0, 0.1) is 0 Å². The molecule has 0 spiro atoms. The summed E-state index contributed by atoms with van der Waals surface area (Å²) in [6.07, 6.45) is 2.22. The molecule has 1 rings (SSSR count). The van der Waals surface area contributed by atoms with Gasteiger partial charge in [0.1, 0.15) is 5.75 Å². The first kappa shape index (κ1) is 14.5. The highest BCUT2D eigenvalue weighted by Crippen LogP contribution is 2.11. The molecule has 0 amide bonds. The molecule has 0 fully saturated rings. The number of rotatable bonds is 8. The summed E-state index contributed by atoms with van der Waals surface area (Å²) in [6.45, 7) is 6.99. The topological polar surface area (TPSA) is 53.8 Å². The molecule has 4 nitrogen and oxygen atoms in total. The molecule has 0 saturated heterocycles. The summed E-state index contributed by atoms with van der Waals surface area (Å²) in [4.78, 5) is 12.1. The number of aromatic carboxylic acids is 1. The third-order valence-electron chi connectivity index (χ3n) is 2.72. The highest BCUT2D eigenvalue weighted by molar-refractivity contribution is 5.86. The predicted octanol–water partition coefficient (Wildman–Crippen LogP) is 0.0913. The van der Waals surface area contributed by atoms with Crippen molar-refractivity contribution in [3.05, 3.63) is 29.8 Å². The maximum Gasteiger partial charge on any atom is 0.222 e. The van der Waals surface area contributed by atoms with Crippen LogP contribution in [0.4, 0.5) is 0 Å². The lowest BCUT2D eigenvalue weighted by Gasteiger charge is -2.18. The second-order valence-electron chi connectivity index (χ2n) is 4.35. The van der Waals surface area contributed by atoms with Gasteiger partial charge in [0.05, 0.1) is 19.1 Å². The van der Waals surface area contributed by atoms with Crippen molar-refractivity contribution in [1.82, 2.24) is 0 Å². The minimum atomic E-state index is -1.17. The van der Waals surface area contributed by atoms with E-state index in [2.05, 4.69) is 13.8 Å².